The molecule has 92 valence electrons. The Morgan fingerprint density at radius 1 is 1.13 bits per heavy atom. The van der Waals surface area contributed by atoms with Crippen LogP contribution in [0.25, 0.3) is 0 Å². The average molecular weight is 235 g/mol. The van der Waals surface area contributed by atoms with Gasteiger partial charge in [0.05, 0.1) is 11.0 Å². The monoisotopic (exact) mass is 235 g/mol. The van der Waals surface area contributed by atoms with Gasteiger partial charge < -0.3 is 5.32 Å². The molecule has 0 aromatic rings. The topological polar surface area (TPSA) is 46.2 Å². The van der Waals surface area contributed by atoms with Crippen LogP contribution in [0.3, 0.4) is 0 Å². The molecule has 0 rings (SSSR count). The number of rotatable bonds is 8. The molecule has 0 aliphatic heterocycles. The average Bonchev–Trinajstić information content (AvgIpc) is 2.15. The summed E-state index contributed by atoms with van der Waals surface area (Å²) in [4.78, 5) is 0. The summed E-state index contributed by atoms with van der Waals surface area (Å²) in [5.74, 6) is 0.335. The largest absolute Gasteiger partial charge is 0.315 e. The zero-order valence-electron chi connectivity index (χ0n) is 10.4. The Kier molecular flexibility index (Phi) is 7.18. The van der Waals surface area contributed by atoms with Crippen LogP contribution in [-0.2, 0) is 9.84 Å². The molecule has 0 radical (unpaired) electrons. The van der Waals surface area contributed by atoms with E-state index in [9.17, 15) is 8.42 Å². The highest BCUT2D eigenvalue weighted by atomic mass is 32.2. The van der Waals surface area contributed by atoms with E-state index in [-0.39, 0.29) is 5.25 Å². The van der Waals surface area contributed by atoms with Gasteiger partial charge in [0, 0.05) is 6.04 Å². The van der Waals surface area contributed by atoms with Gasteiger partial charge >= 0.3 is 0 Å². The van der Waals surface area contributed by atoms with Crippen LogP contribution in [0.4, 0.5) is 0 Å². The van der Waals surface area contributed by atoms with Gasteiger partial charge in [-0.15, -0.1) is 0 Å². The van der Waals surface area contributed by atoms with Gasteiger partial charge in [-0.3, -0.25) is 0 Å². The summed E-state index contributed by atoms with van der Waals surface area (Å²) in [6.07, 6.45) is 2.42. The van der Waals surface area contributed by atoms with Gasteiger partial charge in [-0.1, -0.05) is 20.8 Å². The first-order valence-corrected chi connectivity index (χ1v) is 7.56. The minimum Gasteiger partial charge on any atom is -0.315 e. The molecule has 0 saturated heterocycles. The quantitative estimate of drug-likeness (QED) is 0.654. The second kappa shape index (κ2) is 7.23. The molecule has 4 heteroatoms. The standard InChI is InChI=1S/C11H25NO2S/c1-5-11(4)15(13,14)9-7-6-8-12-10(2)3/h10-12H,5-9H2,1-4H3. The summed E-state index contributed by atoms with van der Waals surface area (Å²) in [5.41, 5.74) is 0. The number of hydrogen-bond donors (Lipinski definition) is 1. The first kappa shape index (κ1) is 14.9. The summed E-state index contributed by atoms with van der Waals surface area (Å²) in [6, 6.07) is 0.483. The van der Waals surface area contributed by atoms with E-state index in [1.54, 1.807) is 6.92 Å². The fourth-order valence-corrected chi connectivity index (χ4v) is 2.79. The molecule has 1 unspecified atom stereocenters. The van der Waals surface area contributed by atoms with Crippen molar-refractivity contribution in [3.8, 4) is 0 Å². The van der Waals surface area contributed by atoms with E-state index in [2.05, 4.69) is 19.2 Å². The number of unbranched alkanes of at least 4 members (excludes halogenated alkanes) is 1. The highest BCUT2D eigenvalue weighted by molar-refractivity contribution is 7.91. The Labute approximate surface area is 94.6 Å². The Morgan fingerprint density at radius 3 is 2.20 bits per heavy atom. The molecule has 0 aliphatic rings. The molecule has 3 nitrogen and oxygen atoms in total. The maximum absolute atomic E-state index is 11.6. The van der Waals surface area contributed by atoms with Gasteiger partial charge in [0.1, 0.15) is 0 Å². The third-order valence-electron chi connectivity index (χ3n) is 2.60. The second-order valence-electron chi connectivity index (χ2n) is 4.40. The second-order valence-corrected chi connectivity index (χ2v) is 6.94. The highest BCUT2D eigenvalue weighted by Crippen LogP contribution is 2.08. The predicted octanol–water partition coefficient (Wildman–Crippen LogP) is 1.98. The molecule has 0 heterocycles. The molecule has 0 bridgehead atoms. The van der Waals surface area contributed by atoms with Gasteiger partial charge in [-0.2, -0.15) is 0 Å². The van der Waals surface area contributed by atoms with Crippen molar-refractivity contribution in [1.29, 1.82) is 0 Å². The maximum atomic E-state index is 11.6. The van der Waals surface area contributed by atoms with Crippen LogP contribution >= 0.6 is 0 Å². The van der Waals surface area contributed by atoms with E-state index in [0.717, 1.165) is 19.4 Å². The smallest absolute Gasteiger partial charge is 0.152 e. The summed E-state index contributed by atoms with van der Waals surface area (Å²) in [7, 11) is -2.84. The Bertz CT molecular complexity index is 247. The lowest BCUT2D eigenvalue weighted by Crippen LogP contribution is -2.25. The van der Waals surface area contributed by atoms with Crippen molar-refractivity contribution < 1.29 is 8.42 Å². The van der Waals surface area contributed by atoms with Crippen LogP contribution in [0.5, 0.6) is 0 Å². The number of hydrogen-bond acceptors (Lipinski definition) is 3. The van der Waals surface area contributed by atoms with Crippen LogP contribution in [0.1, 0.15) is 47.0 Å². The van der Waals surface area contributed by atoms with E-state index in [0.29, 0.717) is 18.2 Å². The van der Waals surface area contributed by atoms with Crippen LogP contribution in [0.2, 0.25) is 0 Å². The molecule has 1 N–H and O–H groups in total. The molecule has 0 aliphatic carbocycles. The van der Waals surface area contributed by atoms with Crippen molar-refractivity contribution in [2.24, 2.45) is 0 Å². The van der Waals surface area contributed by atoms with Crippen LogP contribution < -0.4 is 5.32 Å². The van der Waals surface area contributed by atoms with Crippen LogP contribution in [0.15, 0.2) is 0 Å². The minimum atomic E-state index is -2.84. The minimum absolute atomic E-state index is 0.185. The maximum Gasteiger partial charge on any atom is 0.152 e. The number of sulfone groups is 1. The van der Waals surface area contributed by atoms with Crippen molar-refractivity contribution in [2.75, 3.05) is 12.3 Å². The van der Waals surface area contributed by atoms with Crippen molar-refractivity contribution in [3.63, 3.8) is 0 Å². The first-order chi connectivity index (χ1) is 6.90. The third kappa shape index (κ3) is 6.90. The molecular formula is C11H25NO2S. The predicted molar refractivity (Wildman–Crippen MR) is 65.9 cm³/mol. The van der Waals surface area contributed by atoms with Crippen molar-refractivity contribution in [2.45, 2.75) is 58.2 Å². The zero-order valence-corrected chi connectivity index (χ0v) is 11.2. The summed E-state index contributed by atoms with van der Waals surface area (Å²) in [6.45, 7) is 8.81. The van der Waals surface area contributed by atoms with Gasteiger partial charge in [-0.05, 0) is 32.7 Å². The molecule has 0 saturated carbocycles. The summed E-state index contributed by atoms with van der Waals surface area (Å²) >= 11 is 0. The molecule has 1 atom stereocenters. The van der Waals surface area contributed by atoms with E-state index in [1.165, 1.54) is 0 Å². The normalized spacial score (nSPS) is 14.5. The van der Waals surface area contributed by atoms with Gasteiger partial charge in [-0.25, -0.2) is 8.42 Å². The SMILES string of the molecule is CCC(C)S(=O)(=O)CCCCNC(C)C. The lowest BCUT2D eigenvalue weighted by Gasteiger charge is -2.11. The van der Waals surface area contributed by atoms with Gasteiger partial charge in [0.2, 0.25) is 0 Å². The fraction of sp³-hybridized carbons (Fsp3) is 1.00. The van der Waals surface area contributed by atoms with Crippen LogP contribution in [-0.4, -0.2) is 32.0 Å². The molecule has 0 fully saturated rings. The first-order valence-electron chi connectivity index (χ1n) is 5.85. The molecule has 0 aromatic carbocycles. The van der Waals surface area contributed by atoms with Gasteiger partial charge in [0.15, 0.2) is 9.84 Å². The van der Waals surface area contributed by atoms with Crippen LogP contribution in [0, 0.1) is 0 Å². The lowest BCUT2D eigenvalue weighted by atomic mass is 10.3. The van der Waals surface area contributed by atoms with Crippen molar-refractivity contribution >= 4 is 9.84 Å². The van der Waals surface area contributed by atoms with Gasteiger partial charge in [0.25, 0.3) is 0 Å². The highest BCUT2D eigenvalue weighted by Gasteiger charge is 2.17. The fourth-order valence-electron chi connectivity index (χ4n) is 1.27. The molecular weight excluding hydrogens is 210 g/mol. The van der Waals surface area contributed by atoms with E-state index in [1.807, 2.05) is 6.92 Å². The molecule has 0 amide bonds. The molecule has 0 aromatic heterocycles. The zero-order chi connectivity index (χ0) is 11.9. The Balaban J connectivity index is 3.67. The van der Waals surface area contributed by atoms with E-state index in [4.69, 9.17) is 0 Å². The molecule has 0 spiro atoms. The number of nitrogens with one attached hydrogen (secondary N) is 1. The Hall–Kier alpha value is -0.0900. The summed E-state index contributed by atoms with van der Waals surface area (Å²) in [5, 5.41) is 3.10. The van der Waals surface area contributed by atoms with Crippen molar-refractivity contribution in [3.05, 3.63) is 0 Å². The third-order valence-corrected chi connectivity index (χ3v) is 5.01. The van der Waals surface area contributed by atoms with Crippen molar-refractivity contribution in [1.82, 2.24) is 5.32 Å². The van der Waals surface area contributed by atoms with E-state index >= 15 is 0 Å². The molecule has 15 heavy (non-hydrogen) atoms. The lowest BCUT2D eigenvalue weighted by molar-refractivity contribution is 0.555. The summed E-state index contributed by atoms with van der Waals surface area (Å²) < 4.78 is 23.3. The Morgan fingerprint density at radius 2 is 1.73 bits per heavy atom. The van der Waals surface area contributed by atoms with E-state index < -0.39 is 9.84 Å².